The molecule has 0 saturated heterocycles. The molecule has 0 aliphatic rings. The minimum atomic E-state index is -1.66. The minimum absolute atomic E-state index is 0.940. The molecule has 44 valence electrons. The van der Waals surface area contributed by atoms with E-state index in [9.17, 15) is 14.7 Å². The van der Waals surface area contributed by atoms with Crippen LogP contribution in [-0.4, -0.2) is 11.8 Å². The van der Waals surface area contributed by atoms with Gasteiger partial charge < -0.3 is 9.90 Å². The van der Waals surface area contributed by atoms with Crippen molar-refractivity contribution in [2.24, 2.45) is 0 Å². The Morgan fingerprint density at radius 3 is 2.12 bits per heavy atom. The third-order valence-corrected chi connectivity index (χ3v) is 0.519. The Morgan fingerprint density at radius 1 is 1.50 bits per heavy atom. The quantitative estimate of drug-likeness (QED) is 0.336. The van der Waals surface area contributed by atoms with Crippen molar-refractivity contribution in [1.82, 2.24) is 0 Å². The Balaban J connectivity index is 3.85. The molecule has 0 amide bonds. The van der Waals surface area contributed by atoms with E-state index in [1.807, 2.05) is 0 Å². The Hall–Kier alpha value is -1.12. The summed E-state index contributed by atoms with van der Waals surface area (Å²) in [5.74, 6) is -2.66. The van der Waals surface area contributed by atoms with Gasteiger partial charge in [0.25, 0.3) is 0 Å². The van der Waals surface area contributed by atoms with Crippen LogP contribution < -0.4 is 5.11 Å². The summed E-state index contributed by atoms with van der Waals surface area (Å²) in [6, 6.07) is 0. The van der Waals surface area contributed by atoms with E-state index >= 15 is 0 Å². The van der Waals surface area contributed by atoms with Crippen molar-refractivity contribution in [2.75, 3.05) is 0 Å². The summed E-state index contributed by atoms with van der Waals surface area (Å²) >= 11 is 0. The lowest BCUT2D eigenvalue weighted by atomic mass is 10.4. The Morgan fingerprint density at radius 2 is 2.00 bits per heavy atom. The molecule has 0 aromatic rings. The van der Waals surface area contributed by atoms with Crippen molar-refractivity contribution in [3.63, 3.8) is 0 Å². The number of allylic oxidation sites excluding steroid dienone is 1. The van der Waals surface area contributed by atoms with Gasteiger partial charge in [0.05, 0.1) is 0 Å². The highest BCUT2D eigenvalue weighted by molar-refractivity contribution is 6.36. The third-order valence-electron chi connectivity index (χ3n) is 0.519. The van der Waals surface area contributed by atoms with Crippen LogP contribution in [0.5, 0.6) is 0 Å². The lowest BCUT2D eigenvalue weighted by Gasteiger charge is -1.89. The highest BCUT2D eigenvalue weighted by atomic mass is 16.4. The average molecular weight is 113 g/mol. The molecule has 0 aliphatic carbocycles. The molecule has 0 radical (unpaired) electrons. The first-order valence-corrected chi connectivity index (χ1v) is 2.06. The number of hydrogen-bond donors (Lipinski definition) is 0. The van der Waals surface area contributed by atoms with Crippen LogP contribution in [0.25, 0.3) is 0 Å². The summed E-state index contributed by atoms with van der Waals surface area (Å²) in [6.07, 6.45) is 2.29. The minimum Gasteiger partial charge on any atom is -0.541 e. The highest BCUT2D eigenvalue weighted by Gasteiger charge is 1.91. The van der Waals surface area contributed by atoms with Crippen molar-refractivity contribution in [3.8, 4) is 0 Å². The molecular formula is C5H5O3-. The third kappa shape index (κ3) is 2.12. The van der Waals surface area contributed by atoms with Gasteiger partial charge in [0, 0.05) is 0 Å². The first-order valence-electron chi connectivity index (χ1n) is 2.06. The van der Waals surface area contributed by atoms with Crippen molar-refractivity contribution in [2.45, 2.75) is 6.92 Å². The fourth-order valence-corrected chi connectivity index (χ4v) is 0.219. The summed E-state index contributed by atoms with van der Waals surface area (Å²) in [6.45, 7) is 1.56. The second-order valence-corrected chi connectivity index (χ2v) is 1.15. The molecule has 0 aliphatic heterocycles. The maximum absolute atomic E-state index is 9.99. The van der Waals surface area contributed by atoms with Gasteiger partial charge in [-0.15, -0.1) is 0 Å². The van der Waals surface area contributed by atoms with Crippen LogP contribution in [0.1, 0.15) is 6.92 Å². The van der Waals surface area contributed by atoms with Crippen molar-refractivity contribution >= 4 is 11.8 Å². The standard InChI is InChI=1S/C5H6O3/c1-2-3-4(6)5(7)8/h2-3H,1H3,(H,7,8)/p-1. The van der Waals surface area contributed by atoms with E-state index < -0.39 is 11.8 Å². The summed E-state index contributed by atoms with van der Waals surface area (Å²) in [7, 11) is 0. The predicted molar refractivity (Wildman–Crippen MR) is 24.8 cm³/mol. The largest absolute Gasteiger partial charge is 0.541 e. The summed E-state index contributed by atoms with van der Waals surface area (Å²) < 4.78 is 0. The second kappa shape index (κ2) is 2.96. The molecule has 3 nitrogen and oxygen atoms in total. The number of carboxylic acid groups (broad SMARTS) is 1. The van der Waals surface area contributed by atoms with E-state index in [4.69, 9.17) is 0 Å². The molecule has 0 fully saturated rings. The van der Waals surface area contributed by atoms with Gasteiger partial charge in [-0.3, -0.25) is 4.79 Å². The van der Waals surface area contributed by atoms with E-state index in [2.05, 4.69) is 0 Å². The van der Waals surface area contributed by atoms with Gasteiger partial charge in [0.2, 0.25) is 5.78 Å². The smallest absolute Gasteiger partial charge is 0.200 e. The zero-order valence-electron chi connectivity index (χ0n) is 4.38. The molecule has 0 saturated carbocycles. The predicted octanol–water partition coefficient (Wildman–Crippen LogP) is -1.12. The maximum Gasteiger partial charge on any atom is 0.200 e. The number of rotatable bonds is 2. The number of aliphatic carboxylic acids is 1. The molecule has 3 heteroatoms. The first-order chi connectivity index (χ1) is 3.68. The van der Waals surface area contributed by atoms with Crippen LogP contribution in [0.3, 0.4) is 0 Å². The monoisotopic (exact) mass is 113 g/mol. The molecule has 0 heterocycles. The molecule has 8 heavy (non-hydrogen) atoms. The molecule has 0 aromatic heterocycles. The SMILES string of the molecule is CC=CC(=O)C(=O)[O-]. The summed E-state index contributed by atoms with van der Waals surface area (Å²) in [4.78, 5) is 19.6. The number of carbonyl (C=O) groups excluding carboxylic acids is 2. The Labute approximate surface area is 46.6 Å². The summed E-state index contributed by atoms with van der Waals surface area (Å²) in [5, 5.41) is 9.58. The van der Waals surface area contributed by atoms with Crippen molar-refractivity contribution < 1.29 is 14.7 Å². The van der Waals surface area contributed by atoms with E-state index in [0.29, 0.717) is 0 Å². The molecule has 0 atom stereocenters. The lowest BCUT2D eigenvalue weighted by Crippen LogP contribution is -2.29. The number of hydrogen-bond acceptors (Lipinski definition) is 3. The number of ketones is 1. The van der Waals surface area contributed by atoms with Gasteiger partial charge in [-0.1, -0.05) is 6.08 Å². The highest BCUT2D eigenvalue weighted by Crippen LogP contribution is 1.71. The van der Waals surface area contributed by atoms with Gasteiger partial charge in [-0.25, -0.2) is 0 Å². The van der Waals surface area contributed by atoms with E-state index in [0.717, 1.165) is 6.08 Å². The van der Waals surface area contributed by atoms with Gasteiger partial charge in [0.15, 0.2) is 0 Å². The van der Waals surface area contributed by atoms with Crippen LogP contribution >= 0.6 is 0 Å². The summed E-state index contributed by atoms with van der Waals surface area (Å²) in [5.41, 5.74) is 0. The Bertz CT molecular complexity index is 135. The molecule has 0 rings (SSSR count). The second-order valence-electron chi connectivity index (χ2n) is 1.15. The van der Waals surface area contributed by atoms with Gasteiger partial charge in [-0.2, -0.15) is 0 Å². The zero-order chi connectivity index (χ0) is 6.57. The molecule has 0 aromatic carbocycles. The maximum atomic E-state index is 9.99. The van der Waals surface area contributed by atoms with Crippen LogP contribution in [0.15, 0.2) is 12.2 Å². The fourth-order valence-electron chi connectivity index (χ4n) is 0.219. The topological polar surface area (TPSA) is 57.2 Å². The van der Waals surface area contributed by atoms with Crippen LogP contribution in [0.4, 0.5) is 0 Å². The average Bonchev–Trinajstić information content (AvgIpc) is 1.67. The van der Waals surface area contributed by atoms with Crippen LogP contribution in [0, 0.1) is 0 Å². The normalized spacial score (nSPS) is 9.62. The number of carbonyl (C=O) groups is 2. The van der Waals surface area contributed by atoms with E-state index in [-0.39, 0.29) is 0 Å². The molecular weight excluding hydrogens is 108 g/mol. The first kappa shape index (κ1) is 6.88. The zero-order valence-corrected chi connectivity index (χ0v) is 4.38. The van der Waals surface area contributed by atoms with E-state index in [1.54, 1.807) is 6.92 Å². The van der Waals surface area contributed by atoms with E-state index in [1.165, 1.54) is 6.08 Å². The van der Waals surface area contributed by atoms with Crippen LogP contribution in [-0.2, 0) is 9.59 Å². The van der Waals surface area contributed by atoms with Crippen molar-refractivity contribution in [3.05, 3.63) is 12.2 Å². The fraction of sp³-hybridized carbons (Fsp3) is 0.200. The molecule has 0 unspecified atom stereocenters. The van der Waals surface area contributed by atoms with Crippen molar-refractivity contribution in [1.29, 1.82) is 0 Å². The van der Waals surface area contributed by atoms with Gasteiger partial charge >= 0.3 is 0 Å². The van der Waals surface area contributed by atoms with Gasteiger partial charge in [0.1, 0.15) is 5.97 Å². The number of carboxylic acids is 1. The van der Waals surface area contributed by atoms with Gasteiger partial charge in [-0.05, 0) is 13.0 Å². The lowest BCUT2D eigenvalue weighted by molar-refractivity contribution is -0.299. The molecule has 0 N–H and O–H groups in total. The molecule has 0 spiro atoms. The Kier molecular flexibility index (Phi) is 2.54. The molecule has 0 bridgehead atoms. The van der Waals surface area contributed by atoms with Crippen LogP contribution in [0.2, 0.25) is 0 Å².